The molecule has 166 valence electrons. The Kier molecular flexibility index (Phi) is 11.0. The predicted octanol–water partition coefficient (Wildman–Crippen LogP) is 0.132. The number of amides is 3. The van der Waals surface area contributed by atoms with Crippen LogP contribution in [0.25, 0.3) is 0 Å². The van der Waals surface area contributed by atoms with E-state index in [-0.39, 0.29) is 36.7 Å². The lowest BCUT2D eigenvalue weighted by Crippen LogP contribution is -2.51. The second-order valence-electron chi connectivity index (χ2n) is 7.75. The van der Waals surface area contributed by atoms with Crippen LogP contribution < -0.4 is 16.0 Å². The molecule has 0 unspecified atom stereocenters. The van der Waals surface area contributed by atoms with Gasteiger partial charge in [-0.1, -0.05) is 0 Å². The first-order chi connectivity index (χ1) is 13.4. The summed E-state index contributed by atoms with van der Waals surface area (Å²) in [6, 6.07) is -1.16. The van der Waals surface area contributed by atoms with Gasteiger partial charge in [-0.3, -0.25) is 14.4 Å². The average Bonchev–Trinajstić information content (AvgIpc) is 2.69. The highest BCUT2D eigenvalue weighted by Crippen LogP contribution is 2.21. The Bertz CT molecular complexity index is 583. The fourth-order valence-electron chi connectivity index (χ4n) is 3.87. The molecule has 0 aromatic carbocycles. The molecule has 2 rings (SSSR count). The lowest BCUT2D eigenvalue weighted by atomic mass is 9.92. The number of hydrogen-bond donors (Lipinski definition) is 4. The Labute approximate surface area is 177 Å². The van der Waals surface area contributed by atoms with Crippen LogP contribution in [0.3, 0.4) is 0 Å². The van der Waals surface area contributed by atoms with E-state index in [9.17, 15) is 19.2 Å². The zero-order valence-electron chi connectivity index (χ0n) is 16.9. The number of carboxylic acids is 1. The normalized spacial score (nSPS) is 20.9. The molecule has 9 nitrogen and oxygen atoms in total. The SMILES string of the molecule is CC(=O)N[C@H](CNC(=O)[C@@H]1CCCN(C(=O)CCC2CCNCC2)C1)C(=O)O.Cl. The molecule has 10 heteroatoms. The molecule has 2 atom stereocenters. The molecule has 3 amide bonds. The fourth-order valence-corrected chi connectivity index (χ4v) is 3.87. The van der Waals surface area contributed by atoms with Crippen molar-refractivity contribution in [2.75, 3.05) is 32.7 Å². The first kappa shape index (κ1) is 25.2. The van der Waals surface area contributed by atoms with Crippen molar-refractivity contribution in [3.05, 3.63) is 0 Å². The van der Waals surface area contributed by atoms with Crippen molar-refractivity contribution in [1.82, 2.24) is 20.9 Å². The van der Waals surface area contributed by atoms with Crippen LogP contribution in [-0.4, -0.2) is 72.5 Å². The summed E-state index contributed by atoms with van der Waals surface area (Å²) in [5, 5.41) is 17.3. The molecule has 2 aliphatic heterocycles. The summed E-state index contributed by atoms with van der Waals surface area (Å²) in [5.41, 5.74) is 0. The number of rotatable bonds is 8. The number of carbonyl (C=O) groups is 4. The summed E-state index contributed by atoms with van der Waals surface area (Å²) in [4.78, 5) is 48.9. The Balaban J connectivity index is 0.00000420. The van der Waals surface area contributed by atoms with Crippen molar-refractivity contribution in [1.29, 1.82) is 0 Å². The van der Waals surface area contributed by atoms with E-state index in [1.807, 2.05) is 0 Å². The lowest BCUT2D eigenvalue weighted by molar-refractivity contribution is -0.141. The zero-order valence-corrected chi connectivity index (χ0v) is 17.8. The van der Waals surface area contributed by atoms with E-state index < -0.39 is 17.9 Å². The summed E-state index contributed by atoms with van der Waals surface area (Å²) >= 11 is 0. The first-order valence-corrected chi connectivity index (χ1v) is 10.1. The van der Waals surface area contributed by atoms with Gasteiger partial charge in [0, 0.05) is 33.0 Å². The van der Waals surface area contributed by atoms with Crippen LogP contribution in [-0.2, 0) is 19.2 Å². The van der Waals surface area contributed by atoms with Crippen molar-refractivity contribution in [2.24, 2.45) is 11.8 Å². The molecule has 4 N–H and O–H groups in total. The number of halogens is 1. The van der Waals surface area contributed by atoms with Gasteiger partial charge in [0.15, 0.2) is 0 Å². The van der Waals surface area contributed by atoms with Gasteiger partial charge in [0.2, 0.25) is 17.7 Å². The van der Waals surface area contributed by atoms with Gasteiger partial charge in [-0.15, -0.1) is 12.4 Å². The second kappa shape index (κ2) is 12.6. The summed E-state index contributed by atoms with van der Waals surface area (Å²) in [7, 11) is 0. The molecule has 0 saturated carbocycles. The number of hydrogen-bond acceptors (Lipinski definition) is 5. The molecule has 0 radical (unpaired) electrons. The van der Waals surface area contributed by atoms with Gasteiger partial charge < -0.3 is 26.0 Å². The maximum Gasteiger partial charge on any atom is 0.328 e. The molecule has 2 aliphatic rings. The maximum absolute atomic E-state index is 12.5. The Hall–Kier alpha value is -1.87. The number of nitrogens with one attached hydrogen (secondary N) is 3. The Morgan fingerprint density at radius 2 is 1.86 bits per heavy atom. The van der Waals surface area contributed by atoms with Crippen molar-refractivity contribution < 1.29 is 24.3 Å². The summed E-state index contributed by atoms with van der Waals surface area (Å²) < 4.78 is 0. The number of nitrogens with zero attached hydrogens (tertiary/aromatic N) is 1. The smallest absolute Gasteiger partial charge is 0.328 e. The van der Waals surface area contributed by atoms with Gasteiger partial charge in [0.1, 0.15) is 6.04 Å². The highest BCUT2D eigenvalue weighted by molar-refractivity contribution is 5.85. The minimum absolute atomic E-state index is 0. The molecule has 29 heavy (non-hydrogen) atoms. The molecule has 2 heterocycles. The predicted molar refractivity (Wildman–Crippen MR) is 110 cm³/mol. The Morgan fingerprint density at radius 1 is 1.17 bits per heavy atom. The van der Waals surface area contributed by atoms with E-state index in [4.69, 9.17) is 5.11 Å². The molecule has 0 aromatic heterocycles. The largest absolute Gasteiger partial charge is 0.480 e. The van der Waals surface area contributed by atoms with Crippen LogP contribution in [0.2, 0.25) is 0 Å². The molecule has 0 aromatic rings. The zero-order chi connectivity index (χ0) is 20.5. The van der Waals surface area contributed by atoms with Crippen molar-refractivity contribution in [3.8, 4) is 0 Å². The monoisotopic (exact) mass is 432 g/mol. The molecule has 0 bridgehead atoms. The molecular formula is C19H33ClN4O5. The van der Waals surface area contributed by atoms with Crippen LogP contribution in [0.4, 0.5) is 0 Å². The van der Waals surface area contributed by atoms with Crippen LogP contribution >= 0.6 is 12.4 Å². The van der Waals surface area contributed by atoms with E-state index in [1.165, 1.54) is 6.92 Å². The second-order valence-corrected chi connectivity index (χ2v) is 7.75. The van der Waals surface area contributed by atoms with Crippen LogP contribution in [0.15, 0.2) is 0 Å². The van der Waals surface area contributed by atoms with Gasteiger partial charge in [-0.25, -0.2) is 4.79 Å². The first-order valence-electron chi connectivity index (χ1n) is 10.1. The number of likely N-dealkylation sites (tertiary alicyclic amines) is 1. The third-order valence-electron chi connectivity index (χ3n) is 5.53. The van der Waals surface area contributed by atoms with E-state index in [2.05, 4.69) is 16.0 Å². The molecule has 2 saturated heterocycles. The molecule has 2 fully saturated rings. The lowest BCUT2D eigenvalue weighted by Gasteiger charge is -2.33. The van der Waals surface area contributed by atoms with Gasteiger partial charge in [0.05, 0.1) is 5.92 Å². The van der Waals surface area contributed by atoms with Crippen molar-refractivity contribution in [2.45, 2.75) is 51.5 Å². The summed E-state index contributed by atoms with van der Waals surface area (Å²) in [5.74, 6) is -1.59. The van der Waals surface area contributed by atoms with E-state index in [1.54, 1.807) is 4.90 Å². The topological polar surface area (TPSA) is 128 Å². The quantitative estimate of drug-likeness (QED) is 0.431. The molecule has 0 spiro atoms. The maximum atomic E-state index is 12.5. The minimum atomic E-state index is -1.20. The van der Waals surface area contributed by atoms with Gasteiger partial charge in [-0.05, 0) is 51.1 Å². The molecular weight excluding hydrogens is 400 g/mol. The highest BCUT2D eigenvalue weighted by atomic mass is 35.5. The number of aliphatic carboxylic acids is 1. The standard InChI is InChI=1S/C19H32N4O5.ClH/c1-13(24)22-16(19(27)28)11-21-18(26)15-3-2-10-23(12-15)17(25)5-4-14-6-8-20-9-7-14;/h14-16,20H,2-12H2,1H3,(H,21,26)(H,22,24)(H,27,28);1H/t15-,16-;/m1./s1. The minimum Gasteiger partial charge on any atom is -0.480 e. The van der Waals surface area contributed by atoms with Crippen molar-refractivity contribution in [3.63, 3.8) is 0 Å². The number of carboxylic acid groups (broad SMARTS) is 1. The average molecular weight is 433 g/mol. The molecule has 0 aliphatic carbocycles. The van der Waals surface area contributed by atoms with Crippen LogP contribution in [0.1, 0.15) is 45.4 Å². The van der Waals surface area contributed by atoms with Crippen molar-refractivity contribution >= 4 is 36.1 Å². The number of carbonyl (C=O) groups excluding carboxylic acids is 3. The summed E-state index contributed by atoms with van der Waals surface area (Å²) in [6.45, 7) is 4.12. The highest BCUT2D eigenvalue weighted by Gasteiger charge is 2.29. The third-order valence-corrected chi connectivity index (χ3v) is 5.53. The third kappa shape index (κ3) is 8.57. The van der Waals surface area contributed by atoms with Gasteiger partial charge in [-0.2, -0.15) is 0 Å². The fraction of sp³-hybridized carbons (Fsp3) is 0.789. The van der Waals surface area contributed by atoms with Crippen LogP contribution in [0, 0.1) is 11.8 Å². The number of piperidine rings is 2. The Morgan fingerprint density at radius 3 is 2.48 bits per heavy atom. The van der Waals surface area contributed by atoms with E-state index >= 15 is 0 Å². The van der Waals surface area contributed by atoms with Crippen LogP contribution in [0.5, 0.6) is 0 Å². The van der Waals surface area contributed by atoms with Gasteiger partial charge >= 0.3 is 5.97 Å². The summed E-state index contributed by atoms with van der Waals surface area (Å²) in [6.07, 6.45) is 5.05. The van der Waals surface area contributed by atoms with E-state index in [0.29, 0.717) is 31.8 Å². The van der Waals surface area contributed by atoms with E-state index in [0.717, 1.165) is 38.8 Å². The van der Waals surface area contributed by atoms with Gasteiger partial charge in [0.25, 0.3) is 0 Å².